The van der Waals surface area contributed by atoms with E-state index in [0.717, 1.165) is 6.07 Å². The van der Waals surface area contributed by atoms with Crippen LogP contribution in [0.5, 0.6) is 0 Å². The lowest BCUT2D eigenvalue weighted by atomic mass is 9.97. The van der Waals surface area contributed by atoms with Crippen LogP contribution in [0.2, 0.25) is 0 Å². The fraction of sp³-hybridized carbons (Fsp3) is 0.571. The first kappa shape index (κ1) is 15.6. The zero-order valence-electron chi connectivity index (χ0n) is 11.7. The van der Waals surface area contributed by atoms with Gasteiger partial charge in [-0.3, -0.25) is 4.79 Å². The molecule has 1 aliphatic heterocycles. The number of esters is 1. The minimum Gasteiger partial charge on any atom is -0.466 e. The first-order valence-electron chi connectivity index (χ1n) is 6.87. The summed E-state index contributed by atoms with van der Waals surface area (Å²) in [6.45, 7) is 3.09. The van der Waals surface area contributed by atoms with Crippen LogP contribution in [0.1, 0.15) is 25.5 Å². The molecule has 1 aliphatic rings. The fourth-order valence-corrected chi connectivity index (χ4v) is 2.36. The Morgan fingerprint density at radius 1 is 1.38 bits per heavy atom. The van der Waals surface area contributed by atoms with Gasteiger partial charge in [0.15, 0.2) is 0 Å². The Morgan fingerprint density at radius 3 is 2.62 bits per heavy atom. The van der Waals surface area contributed by atoms with Crippen molar-refractivity contribution in [3.05, 3.63) is 23.9 Å². The first-order chi connectivity index (χ1) is 9.91. The summed E-state index contributed by atoms with van der Waals surface area (Å²) in [4.78, 5) is 17.0. The normalized spacial score (nSPS) is 16.9. The molecule has 0 amide bonds. The van der Waals surface area contributed by atoms with Gasteiger partial charge < -0.3 is 9.64 Å². The van der Waals surface area contributed by atoms with E-state index in [9.17, 15) is 18.0 Å². The second-order valence-electron chi connectivity index (χ2n) is 4.89. The first-order valence-corrected chi connectivity index (χ1v) is 6.87. The van der Waals surface area contributed by atoms with Gasteiger partial charge in [-0.1, -0.05) is 6.07 Å². The van der Waals surface area contributed by atoms with Gasteiger partial charge in [0, 0.05) is 13.1 Å². The Bertz CT molecular complexity index is 497. The second kappa shape index (κ2) is 6.32. The Kier molecular flexibility index (Phi) is 4.69. The molecule has 2 rings (SSSR count). The van der Waals surface area contributed by atoms with Gasteiger partial charge >= 0.3 is 12.1 Å². The largest absolute Gasteiger partial charge is 0.466 e. The number of ether oxygens (including phenoxy) is 1. The van der Waals surface area contributed by atoms with Crippen molar-refractivity contribution in [3.8, 4) is 0 Å². The maximum atomic E-state index is 12.6. The van der Waals surface area contributed by atoms with Crippen LogP contribution in [0.4, 0.5) is 19.0 Å². The highest BCUT2D eigenvalue weighted by molar-refractivity contribution is 5.72. The third-order valence-corrected chi connectivity index (χ3v) is 3.46. The van der Waals surface area contributed by atoms with Gasteiger partial charge in [0.05, 0.1) is 12.5 Å². The number of halogens is 3. The van der Waals surface area contributed by atoms with Crippen molar-refractivity contribution in [1.82, 2.24) is 4.98 Å². The van der Waals surface area contributed by atoms with E-state index < -0.39 is 11.9 Å². The molecule has 1 aromatic heterocycles. The van der Waals surface area contributed by atoms with Crippen LogP contribution < -0.4 is 4.90 Å². The third-order valence-electron chi connectivity index (χ3n) is 3.46. The summed E-state index contributed by atoms with van der Waals surface area (Å²) in [5.41, 5.74) is -0.896. The van der Waals surface area contributed by atoms with E-state index in [4.69, 9.17) is 4.74 Å². The molecule has 7 heteroatoms. The molecule has 116 valence electrons. The van der Waals surface area contributed by atoms with Crippen molar-refractivity contribution in [2.24, 2.45) is 5.92 Å². The molecule has 0 aliphatic carbocycles. The molecule has 0 radical (unpaired) electrons. The average Bonchev–Trinajstić information content (AvgIpc) is 2.47. The summed E-state index contributed by atoms with van der Waals surface area (Å²) in [7, 11) is 0. The van der Waals surface area contributed by atoms with Crippen molar-refractivity contribution in [2.75, 3.05) is 24.6 Å². The number of aromatic nitrogens is 1. The van der Waals surface area contributed by atoms with Gasteiger partial charge in [-0.05, 0) is 31.9 Å². The van der Waals surface area contributed by atoms with Crippen LogP contribution in [0.25, 0.3) is 0 Å². The number of rotatable bonds is 3. The smallest absolute Gasteiger partial charge is 0.433 e. The maximum absolute atomic E-state index is 12.6. The Morgan fingerprint density at radius 2 is 2.05 bits per heavy atom. The molecule has 0 aromatic carbocycles. The molecule has 0 N–H and O–H groups in total. The van der Waals surface area contributed by atoms with Crippen molar-refractivity contribution < 1.29 is 22.7 Å². The minimum absolute atomic E-state index is 0.174. The monoisotopic (exact) mass is 302 g/mol. The number of piperidine rings is 1. The van der Waals surface area contributed by atoms with Gasteiger partial charge in [0.25, 0.3) is 0 Å². The standard InChI is InChI=1S/C14H17F3N2O2/c1-2-21-13(20)10-6-8-19(9-7-10)12-5-3-4-11(18-12)14(15,16)17/h3-5,10H,2,6-9H2,1H3. The lowest BCUT2D eigenvalue weighted by molar-refractivity contribution is -0.148. The van der Waals surface area contributed by atoms with E-state index in [1.807, 2.05) is 0 Å². The van der Waals surface area contributed by atoms with E-state index in [0.29, 0.717) is 38.4 Å². The van der Waals surface area contributed by atoms with Gasteiger partial charge in [-0.15, -0.1) is 0 Å². The van der Waals surface area contributed by atoms with Crippen LogP contribution in [0, 0.1) is 5.92 Å². The van der Waals surface area contributed by atoms with Crippen molar-refractivity contribution in [2.45, 2.75) is 25.9 Å². The summed E-state index contributed by atoms with van der Waals surface area (Å²) in [6.07, 6.45) is -3.31. The summed E-state index contributed by atoms with van der Waals surface area (Å²) >= 11 is 0. The molecule has 1 saturated heterocycles. The number of alkyl halides is 3. The van der Waals surface area contributed by atoms with Crippen LogP contribution in [-0.4, -0.2) is 30.6 Å². The van der Waals surface area contributed by atoms with Gasteiger partial charge in [-0.2, -0.15) is 13.2 Å². The number of hydrogen-bond donors (Lipinski definition) is 0. The zero-order valence-corrected chi connectivity index (χ0v) is 11.7. The molecule has 1 aromatic rings. The Labute approximate surface area is 120 Å². The van der Waals surface area contributed by atoms with E-state index in [1.165, 1.54) is 6.07 Å². The predicted molar refractivity (Wildman–Crippen MR) is 70.8 cm³/mol. The van der Waals surface area contributed by atoms with Gasteiger partial charge in [0.2, 0.25) is 0 Å². The summed E-state index contributed by atoms with van der Waals surface area (Å²) < 4.78 is 42.9. The summed E-state index contributed by atoms with van der Waals surface area (Å²) in [5.74, 6) is -0.103. The van der Waals surface area contributed by atoms with Crippen LogP contribution in [-0.2, 0) is 15.7 Å². The zero-order chi connectivity index (χ0) is 15.5. The molecule has 0 spiro atoms. The molecule has 0 saturated carbocycles. The molecule has 0 unspecified atom stereocenters. The molecule has 2 heterocycles. The number of anilines is 1. The number of nitrogens with zero attached hydrogens (tertiary/aromatic N) is 2. The Hall–Kier alpha value is -1.79. The highest BCUT2D eigenvalue weighted by Crippen LogP contribution is 2.30. The molecule has 0 atom stereocenters. The van der Waals surface area contributed by atoms with E-state index in [-0.39, 0.29) is 11.9 Å². The molecule has 0 bridgehead atoms. The predicted octanol–water partition coefficient (Wildman–Crippen LogP) is 2.88. The number of carbonyl (C=O) groups is 1. The lowest BCUT2D eigenvalue weighted by Crippen LogP contribution is -2.37. The average molecular weight is 302 g/mol. The number of pyridine rings is 1. The third kappa shape index (κ3) is 3.86. The summed E-state index contributed by atoms with van der Waals surface area (Å²) in [6, 6.07) is 3.86. The minimum atomic E-state index is -4.45. The highest BCUT2D eigenvalue weighted by Gasteiger charge is 2.33. The van der Waals surface area contributed by atoms with Crippen LogP contribution in [0.3, 0.4) is 0 Å². The fourth-order valence-electron chi connectivity index (χ4n) is 2.36. The SMILES string of the molecule is CCOC(=O)C1CCN(c2cccc(C(F)(F)F)n2)CC1. The quantitative estimate of drug-likeness (QED) is 0.805. The van der Waals surface area contributed by atoms with E-state index in [2.05, 4.69) is 4.98 Å². The molecule has 1 fully saturated rings. The molecule has 21 heavy (non-hydrogen) atoms. The van der Waals surface area contributed by atoms with Crippen molar-refractivity contribution in [1.29, 1.82) is 0 Å². The topological polar surface area (TPSA) is 42.4 Å². The van der Waals surface area contributed by atoms with Crippen LogP contribution >= 0.6 is 0 Å². The number of carbonyl (C=O) groups excluding carboxylic acids is 1. The maximum Gasteiger partial charge on any atom is 0.433 e. The lowest BCUT2D eigenvalue weighted by Gasteiger charge is -2.31. The van der Waals surface area contributed by atoms with Crippen LogP contribution in [0.15, 0.2) is 18.2 Å². The van der Waals surface area contributed by atoms with Gasteiger partial charge in [-0.25, -0.2) is 4.98 Å². The van der Waals surface area contributed by atoms with Crippen molar-refractivity contribution in [3.63, 3.8) is 0 Å². The second-order valence-corrected chi connectivity index (χ2v) is 4.89. The molecule has 4 nitrogen and oxygen atoms in total. The number of hydrogen-bond acceptors (Lipinski definition) is 4. The molecular formula is C14H17F3N2O2. The van der Waals surface area contributed by atoms with Gasteiger partial charge in [0.1, 0.15) is 11.5 Å². The Balaban J connectivity index is 2.01. The summed E-state index contributed by atoms with van der Waals surface area (Å²) in [5, 5.41) is 0. The van der Waals surface area contributed by atoms with Crippen molar-refractivity contribution >= 4 is 11.8 Å². The van der Waals surface area contributed by atoms with E-state index >= 15 is 0 Å². The molecular weight excluding hydrogens is 285 g/mol. The highest BCUT2D eigenvalue weighted by atomic mass is 19.4. The van der Waals surface area contributed by atoms with E-state index in [1.54, 1.807) is 17.9 Å².